The first-order valence-electron chi connectivity index (χ1n) is 4.51. The Labute approximate surface area is 82.2 Å². The van der Waals surface area contributed by atoms with Crippen molar-refractivity contribution in [3.8, 4) is 0 Å². The van der Waals surface area contributed by atoms with Crippen LogP contribution < -0.4 is 5.73 Å². The van der Waals surface area contributed by atoms with Gasteiger partial charge in [-0.25, -0.2) is 5.06 Å². The molecule has 0 saturated carbocycles. The molecule has 0 bridgehead atoms. The zero-order valence-corrected chi connectivity index (χ0v) is 7.72. The fourth-order valence-corrected chi connectivity index (χ4v) is 1.36. The van der Waals surface area contributed by atoms with Crippen LogP contribution in [0, 0.1) is 0 Å². The smallest absolute Gasteiger partial charge is 0.265 e. The van der Waals surface area contributed by atoms with Gasteiger partial charge in [0.05, 0.1) is 13.2 Å². The Kier molecular flexibility index (Phi) is 2.47. The SMILES string of the molecule is N[C@H]1CON(Cc2ccccc2)C1=O. The molecule has 0 aromatic heterocycles. The van der Waals surface area contributed by atoms with Crippen molar-refractivity contribution < 1.29 is 9.63 Å². The highest BCUT2D eigenvalue weighted by Crippen LogP contribution is 2.11. The Morgan fingerprint density at radius 1 is 1.43 bits per heavy atom. The quantitative estimate of drug-likeness (QED) is 0.732. The summed E-state index contributed by atoms with van der Waals surface area (Å²) in [6.07, 6.45) is 0. The molecule has 1 aromatic rings. The standard InChI is InChI=1S/C10H12N2O2/c11-9-7-14-12(10(9)13)6-8-4-2-1-3-5-8/h1-5,9H,6-7,11H2/t9-/m0/s1. The second kappa shape index (κ2) is 3.77. The highest BCUT2D eigenvalue weighted by Gasteiger charge is 2.29. The molecule has 4 nitrogen and oxygen atoms in total. The lowest BCUT2D eigenvalue weighted by atomic mass is 10.2. The van der Waals surface area contributed by atoms with Crippen LogP contribution >= 0.6 is 0 Å². The number of hydrogen-bond donors (Lipinski definition) is 1. The van der Waals surface area contributed by atoms with E-state index >= 15 is 0 Å². The van der Waals surface area contributed by atoms with Gasteiger partial charge in [0.25, 0.3) is 5.91 Å². The third-order valence-electron chi connectivity index (χ3n) is 2.14. The second-order valence-corrected chi connectivity index (χ2v) is 3.26. The predicted octanol–water partition coefficient (Wildman–Crippen LogP) is 0.288. The van der Waals surface area contributed by atoms with Crippen LogP contribution in [0.2, 0.25) is 0 Å². The summed E-state index contributed by atoms with van der Waals surface area (Å²) in [4.78, 5) is 16.5. The summed E-state index contributed by atoms with van der Waals surface area (Å²) >= 11 is 0. The van der Waals surface area contributed by atoms with Gasteiger partial charge in [-0.15, -0.1) is 0 Å². The van der Waals surface area contributed by atoms with E-state index in [2.05, 4.69) is 0 Å². The third kappa shape index (κ3) is 1.76. The van der Waals surface area contributed by atoms with Crippen LogP contribution in [0.25, 0.3) is 0 Å². The first-order valence-corrected chi connectivity index (χ1v) is 4.51. The summed E-state index contributed by atoms with van der Waals surface area (Å²) in [7, 11) is 0. The van der Waals surface area contributed by atoms with Crippen LogP contribution in [0.15, 0.2) is 30.3 Å². The normalized spacial score (nSPS) is 21.6. The second-order valence-electron chi connectivity index (χ2n) is 3.26. The van der Waals surface area contributed by atoms with E-state index in [0.29, 0.717) is 6.54 Å². The molecule has 2 rings (SSSR count). The highest BCUT2D eigenvalue weighted by atomic mass is 16.7. The maximum Gasteiger partial charge on any atom is 0.265 e. The fourth-order valence-electron chi connectivity index (χ4n) is 1.36. The zero-order chi connectivity index (χ0) is 9.97. The van der Waals surface area contributed by atoms with E-state index in [1.54, 1.807) is 0 Å². The summed E-state index contributed by atoms with van der Waals surface area (Å²) in [5.41, 5.74) is 6.54. The lowest BCUT2D eigenvalue weighted by Crippen LogP contribution is -2.34. The molecule has 0 radical (unpaired) electrons. The first kappa shape index (κ1) is 9.18. The Morgan fingerprint density at radius 2 is 2.14 bits per heavy atom. The summed E-state index contributed by atoms with van der Waals surface area (Å²) in [6, 6.07) is 9.17. The minimum atomic E-state index is -0.501. The fraction of sp³-hybridized carbons (Fsp3) is 0.300. The van der Waals surface area contributed by atoms with Crippen molar-refractivity contribution in [1.29, 1.82) is 0 Å². The van der Waals surface area contributed by atoms with Crippen LogP contribution in [0.3, 0.4) is 0 Å². The molecule has 1 aromatic carbocycles. The number of amides is 1. The summed E-state index contributed by atoms with van der Waals surface area (Å²) in [6.45, 7) is 0.749. The molecular formula is C10H12N2O2. The molecule has 1 heterocycles. The monoisotopic (exact) mass is 192 g/mol. The summed E-state index contributed by atoms with van der Waals surface area (Å²) < 4.78 is 0. The Hall–Kier alpha value is -1.39. The van der Waals surface area contributed by atoms with Crippen LogP contribution in [0.1, 0.15) is 5.56 Å². The van der Waals surface area contributed by atoms with E-state index in [1.165, 1.54) is 5.06 Å². The number of nitrogens with two attached hydrogens (primary N) is 1. The lowest BCUT2D eigenvalue weighted by Gasteiger charge is -2.13. The van der Waals surface area contributed by atoms with Gasteiger partial charge in [0.15, 0.2) is 0 Å². The number of carbonyl (C=O) groups is 1. The molecule has 1 aliphatic rings. The topological polar surface area (TPSA) is 55.6 Å². The zero-order valence-electron chi connectivity index (χ0n) is 7.72. The average Bonchev–Trinajstić information content (AvgIpc) is 2.52. The molecule has 1 saturated heterocycles. The molecule has 0 aliphatic carbocycles. The number of carbonyl (C=O) groups excluding carboxylic acids is 1. The van der Waals surface area contributed by atoms with Crippen molar-refractivity contribution >= 4 is 5.91 Å². The molecule has 0 spiro atoms. The van der Waals surface area contributed by atoms with Crippen molar-refractivity contribution in [3.05, 3.63) is 35.9 Å². The van der Waals surface area contributed by atoms with Crippen molar-refractivity contribution in [1.82, 2.24) is 5.06 Å². The molecule has 0 unspecified atom stereocenters. The van der Waals surface area contributed by atoms with Crippen molar-refractivity contribution in [2.75, 3.05) is 6.61 Å². The number of hydrogen-bond acceptors (Lipinski definition) is 3. The van der Waals surface area contributed by atoms with Gasteiger partial charge in [0.1, 0.15) is 6.04 Å². The third-order valence-corrected chi connectivity index (χ3v) is 2.14. The van der Waals surface area contributed by atoms with Crippen LogP contribution in [-0.2, 0) is 16.2 Å². The molecule has 1 atom stereocenters. The van der Waals surface area contributed by atoms with Crippen LogP contribution in [-0.4, -0.2) is 23.6 Å². The van der Waals surface area contributed by atoms with Gasteiger partial charge in [-0.05, 0) is 5.56 Å². The first-order chi connectivity index (χ1) is 6.77. The number of hydroxylamine groups is 2. The van der Waals surface area contributed by atoms with E-state index in [4.69, 9.17) is 10.6 Å². The maximum atomic E-state index is 11.4. The molecular weight excluding hydrogens is 180 g/mol. The predicted molar refractivity (Wildman–Crippen MR) is 50.9 cm³/mol. The molecule has 1 aliphatic heterocycles. The lowest BCUT2D eigenvalue weighted by molar-refractivity contribution is -0.164. The van der Waals surface area contributed by atoms with E-state index in [1.807, 2.05) is 30.3 Å². The van der Waals surface area contributed by atoms with Gasteiger partial charge >= 0.3 is 0 Å². The van der Waals surface area contributed by atoms with Crippen molar-refractivity contribution in [3.63, 3.8) is 0 Å². The van der Waals surface area contributed by atoms with E-state index in [9.17, 15) is 4.79 Å². The largest absolute Gasteiger partial charge is 0.318 e. The van der Waals surface area contributed by atoms with Gasteiger partial charge in [0.2, 0.25) is 0 Å². The van der Waals surface area contributed by atoms with Gasteiger partial charge in [-0.3, -0.25) is 9.63 Å². The minimum Gasteiger partial charge on any atom is -0.318 e. The molecule has 1 amide bonds. The van der Waals surface area contributed by atoms with Gasteiger partial charge in [0, 0.05) is 0 Å². The van der Waals surface area contributed by atoms with Crippen molar-refractivity contribution in [2.45, 2.75) is 12.6 Å². The van der Waals surface area contributed by atoms with E-state index in [0.717, 1.165) is 5.56 Å². The van der Waals surface area contributed by atoms with Gasteiger partial charge in [-0.2, -0.15) is 0 Å². The molecule has 74 valence electrons. The minimum absolute atomic E-state index is 0.145. The average molecular weight is 192 g/mol. The number of nitrogens with zero attached hydrogens (tertiary/aromatic N) is 1. The molecule has 1 fully saturated rings. The van der Waals surface area contributed by atoms with Crippen LogP contribution in [0.5, 0.6) is 0 Å². The van der Waals surface area contributed by atoms with Crippen molar-refractivity contribution in [2.24, 2.45) is 5.73 Å². The van der Waals surface area contributed by atoms with Crippen LogP contribution in [0.4, 0.5) is 0 Å². The summed E-state index contributed by atoms with van der Waals surface area (Å²) in [5, 5.41) is 1.32. The molecule has 2 N–H and O–H groups in total. The Balaban J connectivity index is 2.02. The van der Waals surface area contributed by atoms with Gasteiger partial charge < -0.3 is 5.73 Å². The van der Waals surface area contributed by atoms with E-state index < -0.39 is 6.04 Å². The molecule has 14 heavy (non-hydrogen) atoms. The summed E-state index contributed by atoms with van der Waals surface area (Å²) in [5.74, 6) is -0.145. The number of rotatable bonds is 2. The van der Waals surface area contributed by atoms with E-state index in [-0.39, 0.29) is 12.5 Å². The maximum absolute atomic E-state index is 11.4. The Bertz CT molecular complexity index is 326. The Morgan fingerprint density at radius 3 is 2.71 bits per heavy atom. The highest BCUT2D eigenvalue weighted by molar-refractivity contribution is 5.82. The van der Waals surface area contributed by atoms with Gasteiger partial charge in [-0.1, -0.05) is 30.3 Å². The molecule has 4 heteroatoms. The number of benzene rings is 1.